The second-order valence-corrected chi connectivity index (χ2v) is 3.35. The molecule has 84 valence electrons. The van der Waals surface area contributed by atoms with Crippen LogP contribution in [0.25, 0.3) is 0 Å². The van der Waals surface area contributed by atoms with Crippen molar-refractivity contribution in [1.82, 2.24) is 0 Å². The summed E-state index contributed by atoms with van der Waals surface area (Å²) in [6.07, 6.45) is -2.68. The van der Waals surface area contributed by atoms with Crippen LogP contribution in [0, 0.1) is 0 Å². The Balaban J connectivity index is 3.10. The van der Waals surface area contributed by atoms with Gasteiger partial charge >= 0.3 is 0 Å². The zero-order chi connectivity index (χ0) is 11.6. The van der Waals surface area contributed by atoms with E-state index in [-0.39, 0.29) is 11.4 Å². The van der Waals surface area contributed by atoms with E-state index in [1.54, 1.807) is 0 Å². The molecule has 0 spiro atoms. The van der Waals surface area contributed by atoms with Crippen molar-refractivity contribution in [2.45, 2.75) is 12.2 Å². The molecule has 15 heavy (non-hydrogen) atoms. The van der Waals surface area contributed by atoms with E-state index >= 15 is 0 Å². The molecule has 2 unspecified atom stereocenters. The number of rotatable bonds is 3. The number of aromatic hydroxyl groups is 3. The number of phenolic OH excluding ortho intramolecular Hbond substituents is 3. The van der Waals surface area contributed by atoms with Crippen LogP contribution >= 0.6 is 11.6 Å². The Morgan fingerprint density at radius 2 is 1.67 bits per heavy atom. The van der Waals surface area contributed by atoms with Gasteiger partial charge in [0.1, 0.15) is 6.10 Å². The van der Waals surface area contributed by atoms with Gasteiger partial charge in [0.15, 0.2) is 11.5 Å². The molecule has 1 aromatic carbocycles. The minimum absolute atomic E-state index is 0.0987. The van der Waals surface area contributed by atoms with Crippen LogP contribution in [0.3, 0.4) is 0 Å². The molecule has 0 aromatic heterocycles. The van der Waals surface area contributed by atoms with Crippen molar-refractivity contribution in [3.8, 4) is 17.2 Å². The van der Waals surface area contributed by atoms with E-state index in [1.807, 2.05) is 0 Å². The van der Waals surface area contributed by atoms with E-state index in [9.17, 15) is 15.3 Å². The highest BCUT2D eigenvalue weighted by Gasteiger charge is 2.23. The van der Waals surface area contributed by atoms with Gasteiger partial charge in [0.05, 0.1) is 12.0 Å². The number of benzene rings is 1. The number of aliphatic hydroxyl groups excluding tert-OH is 2. The zero-order valence-corrected chi connectivity index (χ0v) is 8.39. The predicted octanol–water partition coefficient (Wildman–Crippen LogP) is 0.436. The molecule has 0 fully saturated rings. The van der Waals surface area contributed by atoms with Crippen LogP contribution in [0.15, 0.2) is 12.1 Å². The van der Waals surface area contributed by atoms with Crippen molar-refractivity contribution in [3.05, 3.63) is 17.7 Å². The fourth-order valence-electron chi connectivity index (χ4n) is 1.11. The third-order valence-corrected chi connectivity index (χ3v) is 2.32. The lowest BCUT2D eigenvalue weighted by Gasteiger charge is -2.17. The van der Waals surface area contributed by atoms with Gasteiger partial charge in [0.2, 0.25) is 5.75 Å². The van der Waals surface area contributed by atoms with Gasteiger partial charge in [0.25, 0.3) is 0 Å². The zero-order valence-electron chi connectivity index (χ0n) is 7.63. The van der Waals surface area contributed by atoms with Gasteiger partial charge < -0.3 is 25.5 Å². The highest BCUT2D eigenvalue weighted by molar-refractivity contribution is 6.18. The van der Waals surface area contributed by atoms with Crippen LogP contribution in [0.4, 0.5) is 0 Å². The van der Waals surface area contributed by atoms with Crippen LogP contribution in [0.5, 0.6) is 17.2 Å². The predicted molar refractivity (Wildman–Crippen MR) is 53.1 cm³/mol. The molecular weight excluding hydrogens is 224 g/mol. The van der Waals surface area contributed by atoms with Gasteiger partial charge in [-0.2, -0.15) is 0 Å². The highest BCUT2D eigenvalue weighted by Crippen LogP contribution is 2.40. The van der Waals surface area contributed by atoms with Crippen LogP contribution in [0.1, 0.15) is 11.7 Å². The Hall–Kier alpha value is -1.17. The maximum Gasteiger partial charge on any atom is 0.200 e. The van der Waals surface area contributed by atoms with Gasteiger partial charge in [-0.05, 0) is 12.1 Å². The first kappa shape index (κ1) is 11.9. The van der Waals surface area contributed by atoms with Crippen LogP contribution in [-0.2, 0) is 0 Å². The van der Waals surface area contributed by atoms with E-state index in [1.165, 1.54) is 6.07 Å². The first-order valence-electron chi connectivity index (χ1n) is 4.15. The first-order chi connectivity index (χ1) is 6.99. The quantitative estimate of drug-likeness (QED) is 0.386. The van der Waals surface area contributed by atoms with Gasteiger partial charge in [-0.25, -0.2) is 0 Å². The lowest BCUT2D eigenvalue weighted by Crippen LogP contribution is -2.19. The molecule has 0 aliphatic carbocycles. The van der Waals surface area contributed by atoms with E-state index in [0.29, 0.717) is 0 Å². The topological polar surface area (TPSA) is 101 Å². The minimum Gasteiger partial charge on any atom is -0.504 e. The van der Waals surface area contributed by atoms with Crippen LogP contribution in [0.2, 0.25) is 0 Å². The summed E-state index contributed by atoms with van der Waals surface area (Å²) in [5, 5.41) is 46.3. The molecule has 6 heteroatoms. The average molecular weight is 235 g/mol. The summed E-state index contributed by atoms with van der Waals surface area (Å²) in [5.74, 6) is -2.15. The van der Waals surface area contributed by atoms with E-state index in [2.05, 4.69) is 0 Å². The van der Waals surface area contributed by atoms with Crippen LogP contribution in [-0.4, -0.2) is 37.5 Å². The molecule has 0 saturated heterocycles. The summed E-state index contributed by atoms with van der Waals surface area (Å²) < 4.78 is 0. The van der Waals surface area contributed by atoms with Crippen molar-refractivity contribution in [3.63, 3.8) is 0 Å². The molecule has 2 atom stereocenters. The molecule has 0 amide bonds. The smallest absolute Gasteiger partial charge is 0.200 e. The third-order valence-electron chi connectivity index (χ3n) is 2.00. The molecule has 0 aliphatic rings. The molecule has 0 aliphatic heterocycles. The van der Waals surface area contributed by atoms with E-state index < -0.39 is 29.5 Å². The lowest BCUT2D eigenvalue weighted by atomic mass is 10.0. The standard InChI is InChI=1S/C9H11ClO5/c10-3-6(12)7(13)4-1-2-5(11)9(15)8(4)14/h1-2,6-7,11-15H,3H2. The molecule has 0 saturated carbocycles. The van der Waals surface area contributed by atoms with Gasteiger partial charge in [0, 0.05) is 5.56 Å². The molecule has 5 nitrogen and oxygen atoms in total. The summed E-state index contributed by atoms with van der Waals surface area (Å²) >= 11 is 5.32. The number of hydrogen-bond acceptors (Lipinski definition) is 5. The molecule has 0 bridgehead atoms. The van der Waals surface area contributed by atoms with Crippen molar-refractivity contribution in [2.75, 3.05) is 5.88 Å². The summed E-state index contributed by atoms with van der Waals surface area (Å²) in [5.41, 5.74) is -0.0987. The van der Waals surface area contributed by atoms with Crippen molar-refractivity contribution < 1.29 is 25.5 Å². The van der Waals surface area contributed by atoms with Crippen LogP contribution < -0.4 is 0 Å². The fraction of sp³-hybridized carbons (Fsp3) is 0.333. The largest absolute Gasteiger partial charge is 0.504 e. The summed E-state index contributed by atoms with van der Waals surface area (Å²) in [6, 6.07) is 2.28. The van der Waals surface area contributed by atoms with E-state index in [0.717, 1.165) is 6.07 Å². The SMILES string of the molecule is Oc1ccc(C(O)C(O)CCl)c(O)c1O. The number of aliphatic hydroxyl groups is 2. The first-order valence-corrected chi connectivity index (χ1v) is 4.68. The Morgan fingerprint density at radius 3 is 2.20 bits per heavy atom. The fourth-order valence-corrected chi connectivity index (χ4v) is 1.28. The maximum absolute atomic E-state index is 9.50. The van der Waals surface area contributed by atoms with Crippen molar-refractivity contribution >= 4 is 11.6 Å². The number of phenols is 3. The van der Waals surface area contributed by atoms with Gasteiger partial charge in [-0.1, -0.05) is 0 Å². The second-order valence-electron chi connectivity index (χ2n) is 3.04. The normalized spacial score (nSPS) is 14.9. The average Bonchev–Trinajstić information content (AvgIpc) is 2.24. The Labute approximate surface area is 90.8 Å². The highest BCUT2D eigenvalue weighted by atomic mass is 35.5. The minimum atomic E-state index is -1.42. The lowest BCUT2D eigenvalue weighted by molar-refractivity contribution is 0.0310. The monoisotopic (exact) mass is 234 g/mol. The molecule has 1 aromatic rings. The Bertz CT molecular complexity index is 355. The summed E-state index contributed by atoms with van der Waals surface area (Å²) in [4.78, 5) is 0. The molecule has 1 rings (SSSR count). The Morgan fingerprint density at radius 1 is 1.07 bits per heavy atom. The summed E-state index contributed by atoms with van der Waals surface area (Å²) in [7, 11) is 0. The van der Waals surface area contributed by atoms with Gasteiger partial charge in [-0.3, -0.25) is 0 Å². The molecule has 0 radical (unpaired) electrons. The van der Waals surface area contributed by atoms with Gasteiger partial charge in [-0.15, -0.1) is 11.6 Å². The van der Waals surface area contributed by atoms with E-state index in [4.69, 9.17) is 21.8 Å². The second kappa shape index (κ2) is 4.57. The summed E-state index contributed by atoms with van der Waals surface area (Å²) in [6.45, 7) is 0. The molecular formula is C9H11ClO5. The third kappa shape index (κ3) is 2.26. The number of alkyl halides is 1. The number of hydrogen-bond donors (Lipinski definition) is 5. The molecule has 0 heterocycles. The number of halogens is 1. The Kier molecular flexibility index (Phi) is 3.62. The molecule has 5 N–H and O–H groups in total. The van der Waals surface area contributed by atoms with Crippen molar-refractivity contribution in [2.24, 2.45) is 0 Å². The van der Waals surface area contributed by atoms with Crippen molar-refractivity contribution in [1.29, 1.82) is 0 Å². The maximum atomic E-state index is 9.50.